The van der Waals surface area contributed by atoms with Crippen LogP contribution in [0.25, 0.3) is 16.6 Å². The number of benzene rings is 3. The lowest BCUT2D eigenvalue weighted by molar-refractivity contribution is 0.307. The minimum absolute atomic E-state index is 0.0975. The first-order valence-corrected chi connectivity index (χ1v) is 10.4. The van der Waals surface area contributed by atoms with Crippen LogP contribution in [0, 0.1) is 0 Å². The Morgan fingerprint density at radius 2 is 1.47 bits per heavy atom. The number of hydrogen-bond acceptors (Lipinski definition) is 4. The van der Waals surface area contributed by atoms with Crippen molar-refractivity contribution in [3.63, 3.8) is 0 Å². The summed E-state index contributed by atoms with van der Waals surface area (Å²) >= 11 is 0. The first-order valence-electron chi connectivity index (χ1n) is 10.4. The summed E-state index contributed by atoms with van der Waals surface area (Å²) in [5.41, 5.74) is 3.33. The van der Waals surface area contributed by atoms with E-state index in [1.807, 2.05) is 91.0 Å². The molecule has 0 saturated carbocycles. The van der Waals surface area contributed by atoms with Gasteiger partial charge in [0.1, 0.15) is 18.2 Å². The molecule has 156 valence electrons. The Bertz CT molecular complexity index is 1400. The van der Waals surface area contributed by atoms with Crippen molar-refractivity contribution in [2.24, 2.45) is 0 Å². The summed E-state index contributed by atoms with van der Waals surface area (Å²) in [7, 11) is 0. The summed E-state index contributed by atoms with van der Waals surface area (Å²) in [6, 6.07) is 31.0. The molecule has 5 aromatic rings. The van der Waals surface area contributed by atoms with Crippen molar-refractivity contribution in [1.82, 2.24) is 9.55 Å². The van der Waals surface area contributed by atoms with Crippen LogP contribution in [0.2, 0.25) is 0 Å². The Morgan fingerprint density at radius 1 is 0.812 bits per heavy atom. The Kier molecular flexibility index (Phi) is 5.37. The van der Waals surface area contributed by atoms with E-state index in [9.17, 15) is 4.79 Å². The van der Waals surface area contributed by atoms with Gasteiger partial charge in [0.25, 0.3) is 0 Å². The maximum atomic E-state index is 13.1. The van der Waals surface area contributed by atoms with E-state index in [1.165, 1.54) is 0 Å². The Hall–Kier alpha value is -4.38. The van der Waals surface area contributed by atoms with Crippen LogP contribution in [0.3, 0.4) is 0 Å². The zero-order valence-electron chi connectivity index (χ0n) is 17.3. The van der Waals surface area contributed by atoms with Crippen molar-refractivity contribution in [3.8, 4) is 11.4 Å². The van der Waals surface area contributed by atoms with Gasteiger partial charge in [0, 0.05) is 35.4 Å². The number of pyridine rings is 2. The van der Waals surface area contributed by atoms with E-state index >= 15 is 0 Å². The van der Waals surface area contributed by atoms with Gasteiger partial charge in [0.2, 0.25) is 0 Å². The monoisotopic (exact) mass is 419 g/mol. The number of aromatic nitrogens is 2. The van der Waals surface area contributed by atoms with E-state index in [-0.39, 0.29) is 12.0 Å². The van der Waals surface area contributed by atoms with Gasteiger partial charge in [-0.2, -0.15) is 0 Å². The van der Waals surface area contributed by atoms with Crippen LogP contribution in [-0.4, -0.2) is 9.55 Å². The Morgan fingerprint density at radius 3 is 2.19 bits per heavy atom. The maximum Gasteiger partial charge on any atom is 0.193 e. The van der Waals surface area contributed by atoms with Crippen LogP contribution in [-0.2, 0) is 6.61 Å². The molecule has 0 aliphatic rings. The molecular weight excluding hydrogens is 398 g/mol. The normalized spacial score (nSPS) is 10.8. The molecule has 5 nitrogen and oxygen atoms in total. The van der Waals surface area contributed by atoms with E-state index in [1.54, 1.807) is 18.5 Å². The molecule has 0 amide bonds. The number of rotatable bonds is 6. The topological polar surface area (TPSA) is 56.2 Å². The minimum atomic E-state index is -0.0975. The summed E-state index contributed by atoms with van der Waals surface area (Å²) in [5, 5.41) is 3.95. The van der Waals surface area contributed by atoms with Gasteiger partial charge in [0.15, 0.2) is 5.43 Å². The number of nitrogens with one attached hydrogen (secondary N) is 1. The van der Waals surface area contributed by atoms with Crippen LogP contribution in [0.5, 0.6) is 5.75 Å². The summed E-state index contributed by atoms with van der Waals surface area (Å²) in [6.07, 6.45) is 3.38. The molecule has 0 aliphatic heterocycles. The molecule has 0 atom stereocenters. The van der Waals surface area contributed by atoms with Crippen LogP contribution in [0.4, 0.5) is 11.5 Å². The van der Waals surface area contributed by atoms with E-state index in [0.29, 0.717) is 11.2 Å². The summed E-state index contributed by atoms with van der Waals surface area (Å²) in [5.74, 6) is 1.43. The van der Waals surface area contributed by atoms with E-state index in [2.05, 4.69) is 14.9 Å². The SMILES string of the molecule is O=c1cc(Nc2ccccc2)n(-c2ccccc2)c2c(COc3ccccc3)cncc12. The molecule has 0 saturated heterocycles. The minimum Gasteiger partial charge on any atom is -0.489 e. The van der Waals surface area contributed by atoms with Crippen molar-refractivity contribution < 1.29 is 4.74 Å². The predicted molar refractivity (Wildman–Crippen MR) is 128 cm³/mol. The highest BCUT2D eigenvalue weighted by molar-refractivity contribution is 5.86. The predicted octanol–water partition coefficient (Wildman–Crippen LogP) is 5.71. The molecule has 3 aromatic carbocycles. The first-order chi connectivity index (χ1) is 15.8. The van der Waals surface area contributed by atoms with Crippen LogP contribution in [0.1, 0.15) is 5.56 Å². The quantitative estimate of drug-likeness (QED) is 0.383. The highest BCUT2D eigenvalue weighted by Gasteiger charge is 2.15. The lowest BCUT2D eigenvalue weighted by Gasteiger charge is -2.20. The molecule has 1 N–H and O–H groups in total. The third-order valence-corrected chi connectivity index (χ3v) is 5.19. The Labute approximate surface area is 185 Å². The molecule has 0 unspecified atom stereocenters. The van der Waals surface area contributed by atoms with Crippen molar-refractivity contribution in [2.45, 2.75) is 6.61 Å². The number of anilines is 2. The molecule has 0 fully saturated rings. The largest absolute Gasteiger partial charge is 0.489 e. The molecule has 0 bridgehead atoms. The molecule has 2 heterocycles. The average molecular weight is 419 g/mol. The first kappa shape index (κ1) is 19.6. The second kappa shape index (κ2) is 8.78. The van der Waals surface area contributed by atoms with Crippen molar-refractivity contribution in [2.75, 3.05) is 5.32 Å². The number of nitrogens with zero attached hydrogens (tertiary/aromatic N) is 2. The van der Waals surface area contributed by atoms with Gasteiger partial charge < -0.3 is 10.1 Å². The second-order valence-corrected chi connectivity index (χ2v) is 7.35. The number of para-hydroxylation sites is 3. The number of ether oxygens (including phenoxy) is 1. The van der Waals surface area contributed by atoms with E-state index < -0.39 is 0 Å². The lowest BCUT2D eigenvalue weighted by Crippen LogP contribution is -2.15. The number of fused-ring (bicyclic) bond motifs is 1. The zero-order chi connectivity index (χ0) is 21.8. The number of hydrogen-bond donors (Lipinski definition) is 1. The standard InChI is InChI=1S/C27H21N3O2/c31-25-16-26(29-21-10-4-1-5-11-21)30(22-12-6-2-7-13-22)27-20(17-28-18-24(25)27)19-32-23-14-8-3-9-15-23/h1-18,29H,19H2. The van der Waals surface area contributed by atoms with Crippen LogP contribution >= 0.6 is 0 Å². The van der Waals surface area contributed by atoms with E-state index in [0.717, 1.165) is 28.2 Å². The van der Waals surface area contributed by atoms with Gasteiger partial charge >= 0.3 is 0 Å². The molecular formula is C27H21N3O2. The molecule has 0 aliphatic carbocycles. The summed E-state index contributed by atoms with van der Waals surface area (Å²) < 4.78 is 8.06. The fraction of sp³-hybridized carbons (Fsp3) is 0.0370. The lowest BCUT2D eigenvalue weighted by atomic mass is 10.1. The fourth-order valence-corrected chi connectivity index (χ4v) is 3.72. The molecule has 5 heteroatoms. The smallest absolute Gasteiger partial charge is 0.193 e. The van der Waals surface area contributed by atoms with Gasteiger partial charge in [0.05, 0.1) is 10.9 Å². The van der Waals surface area contributed by atoms with Crippen molar-refractivity contribution in [3.05, 3.63) is 125 Å². The zero-order valence-corrected chi connectivity index (χ0v) is 17.3. The molecule has 5 rings (SSSR count). The Balaban J connectivity index is 1.70. The summed E-state index contributed by atoms with van der Waals surface area (Å²) in [4.78, 5) is 17.4. The summed E-state index contributed by atoms with van der Waals surface area (Å²) in [6.45, 7) is 0.287. The molecule has 32 heavy (non-hydrogen) atoms. The van der Waals surface area contributed by atoms with Crippen molar-refractivity contribution in [1.29, 1.82) is 0 Å². The molecule has 0 radical (unpaired) electrons. The van der Waals surface area contributed by atoms with Gasteiger partial charge in [-0.05, 0) is 36.4 Å². The highest BCUT2D eigenvalue weighted by atomic mass is 16.5. The van der Waals surface area contributed by atoms with E-state index in [4.69, 9.17) is 4.74 Å². The van der Waals surface area contributed by atoms with Gasteiger partial charge in [-0.15, -0.1) is 0 Å². The maximum absolute atomic E-state index is 13.1. The average Bonchev–Trinajstić information content (AvgIpc) is 2.85. The van der Waals surface area contributed by atoms with Crippen molar-refractivity contribution >= 4 is 22.4 Å². The molecule has 0 spiro atoms. The fourth-order valence-electron chi connectivity index (χ4n) is 3.72. The second-order valence-electron chi connectivity index (χ2n) is 7.35. The highest BCUT2D eigenvalue weighted by Crippen LogP contribution is 2.27. The molecule has 2 aromatic heterocycles. The third-order valence-electron chi connectivity index (χ3n) is 5.19. The van der Waals surface area contributed by atoms with Gasteiger partial charge in [-0.1, -0.05) is 54.6 Å². The van der Waals surface area contributed by atoms with Crippen LogP contribution in [0.15, 0.2) is 114 Å². The third kappa shape index (κ3) is 3.96. The van der Waals surface area contributed by atoms with Crippen LogP contribution < -0.4 is 15.5 Å². The van der Waals surface area contributed by atoms with Gasteiger partial charge in [-0.3, -0.25) is 14.3 Å². The van der Waals surface area contributed by atoms with Gasteiger partial charge in [-0.25, -0.2) is 0 Å².